The summed E-state index contributed by atoms with van der Waals surface area (Å²) in [6, 6.07) is 7.50. The third-order valence-electron chi connectivity index (χ3n) is 2.10. The predicted octanol–water partition coefficient (Wildman–Crippen LogP) is 1.84. The van der Waals surface area contributed by atoms with Crippen LogP contribution in [-0.4, -0.2) is 22.8 Å². The van der Waals surface area contributed by atoms with Crippen LogP contribution in [0, 0.1) is 0 Å². The molecule has 19 heavy (non-hydrogen) atoms. The third kappa shape index (κ3) is 5.39. The van der Waals surface area contributed by atoms with Crippen molar-refractivity contribution in [2.24, 2.45) is 0 Å². The first-order valence-corrected chi connectivity index (χ1v) is 5.82. The number of carboxylic acids is 1. The molecule has 0 saturated carbocycles. The van der Waals surface area contributed by atoms with Crippen molar-refractivity contribution < 1.29 is 19.4 Å². The van der Waals surface area contributed by atoms with Crippen molar-refractivity contribution in [1.29, 1.82) is 0 Å². The number of benzene rings is 1. The Hall–Kier alpha value is -2.08. The highest BCUT2D eigenvalue weighted by Crippen LogP contribution is 2.12. The van der Waals surface area contributed by atoms with Gasteiger partial charge < -0.3 is 9.84 Å². The third-order valence-corrected chi connectivity index (χ3v) is 2.10. The van der Waals surface area contributed by atoms with Crippen LogP contribution in [0.15, 0.2) is 30.3 Å². The van der Waals surface area contributed by atoms with Crippen LogP contribution >= 0.6 is 0 Å². The van der Waals surface area contributed by atoms with Crippen LogP contribution in [0.2, 0.25) is 0 Å². The van der Waals surface area contributed by atoms with E-state index in [1.54, 1.807) is 51.1 Å². The maximum Gasteiger partial charge on any atom is 0.422 e. The minimum atomic E-state index is -1.10. The minimum absolute atomic E-state index is 0.533. The lowest BCUT2D eigenvalue weighted by molar-refractivity contribution is -0.139. The molecule has 0 fully saturated rings. The van der Waals surface area contributed by atoms with Crippen molar-refractivity contribution in [3.63, 3.8) is 0 Å². The van der Waals surface area contributed by atoms with Crippen LogP contribution in [0.3, 0.4) is 0 Å². The second-order valence-electron chi connectivity index (χ2n) is 4.95. The predicted molar refractivity (Wildman–Crippen MR) is 69.3 cm³/mol. The van der Waals surface area contributed by atoms with E-state index in [1.165, 1.54) is 0 Å². The van der Waals surface area contributed by atoms with Crippen LogP contribution in [0.25, 0.3) is 0 Å². The maximum atomic E-state index is 11.4. The molecule has 1 aromatic rings. The molecule has 0 aliphatic heterocycles. The summed E-state index contributed by atoms with van der Waals surface area (Å²) >= 11 is 0. The molecule has 0 unspecified atom stereocenters. The molecule has 6 heteroatoms. The molecule has 6 nitrogen and oxygen atoms in total. The van der Waals surface area contributed by atoms with Crippen molar-refractivity contribution in [2.45, 2.75) is 32.4 Å². The number of amides is 1. The van der Waals surface area contributed by atoms with Crippen molar-refractivity contribution in [1.82, 2.24) is 10.9 Å². The van der Waals surface area contributed by atoms with Crippen LogP contribution in [-0.2, 0) is 9.53 Å². The molecule has 1 amide bonds. The fourth-order valence-corrected chi connectivity index (χ4v) is 1.37. The molecule has 1 aromatic carbocycles. The molecular formula is C13H18N2O4. The summed E-state index contributed by atoms with van der Waals surface area (Å²) in [6.07, 6.45) is -0.727. The summed E-state index contributed by atoms with van der Waals surface area (Å²) in [5, 5.41) is 9.12. The second-order valence-corrected chi connectivity index (χ2v) is 4.95. The van der Waals surface area contributed by atoms with Crippen LogP contribution < -0.4 is 10.9 Å². The first kappa shape index (κ1) is 15.0. The number of carbonyl (C=O) groups excluding carboxylic acids is 1. The van der Waals surface area contributed by atoms with Gasteiger partial charge in [0.1, 0.15) is 11.6 Å². The first-order valence-electron chi connectivity index (χ1n) is 5.82. The van der Waals surface area contributed by atoms with E-state index in [0.717, 1.165) is 0 Å². The molecule has 0 spiro atoms. The Morgan fingerprint density at radius 2 is 1.79 bits per heavy atom. The Labute approximate surface area is 111 Å². The van der Waals surface area contributed by atoms with Crippen LogP contribution in [0.1, 0.15) is 32.4 Å². The van der Waals surface area contributed by atoms with Gasteiger partial charge in [0.25, 0.3) is 0 Å². The molecule has 1 atom stereocenters. The van der Waals surface area contributed by atoms with Crippen LogP contribution in [0.5, 0.6) is 0 Å². The lowest BCUT2D eigenvalue weighted by atomic mass is 10.1. The highest BCUT2D eigenvalue weighted by Gasteiger charge is 2.21. The van der Waals surface area contributed by atoms with Gasteiger partial charge in [-0.05, 0) is 26.3 Å². The van der Waals surface area contributed by atoms with Crippen LogP contribution in [0.4, 0.5) is 4.79 Å². The summed E-state index contributed by atoms with van der Waals surface area (Å²) in [4.78, 5) is 22.6. The zero-order chi connectivity index (χ0) is 14.5. The molecule has 3 N–H and O–H groups in total. The van der Waals surface area contributed by atoms with E-state index in [4.69, 9.17) is 9.84 Å². The molecular weight excluding hydrogens is 248 g/mol. The van der Waals surface area contributed by atoms with Crippen molar-refractivity contribution >= 4 is 12.1 Å². The van der Waals surface area contributed by atoms with E-state index in [0.29, 0.717) is 5.56 Å². The zero-order valence-corrected chi connectivity index (χ0v) is 11.1. The molecule has 1 rings (SSSR count). The number of rotatable bonds is 4. The molecule has 0 heterocycles. The number of ether oxygens (including phenoxy) is 1. The van der Waals surface area contributed by atoms with E-state index in [9.17, 15) is 9.59 Å². The smallest absolute Gasteiger partial charge is 0.422 e. The molecule has 0 radical (unpaired) electrons. The number of carbonyl (C=O) groups is 2. The number of hydrogen-bond acceptors (Lipinski definition) is 4. The number of carboxylic acid groups (broad SMARTS) is 1. The molecule has 0 saturated heterocycles. The van der Waals surface area contributed by atoms with E-state index in [2.05, 4.69) is 10.9 Å². The Balaban J connectivity index is 2.62. The zero-order valence-electron chi connectivity index (χ0n) is 11.1. The topological polar surface area (TPSA) is 87.7 Å². The van der Waals surface area contributed by atoms with Crippen molar-refractivity contribution in [3.8, 4) is 0 Å². The fraction of sp³-hybridized carbons (Fsp3) is 0.385. The Morgan fingerprint density at radius 1 is 1.21 bits per heavy atom. The quantitative estimate of drug-likeness (QED) is 0.724. The number of hydrogen-bond donors (Lipinski definition) is 3. The monoisotopic (exact) mass is 266 g/mol. The van der Waals surface area contributed by atoms with Gasteiger partial charge in [-0.2, -0.15) is 0 Å². The Kier molecular flexibility index (Phi) is 4.88. The number of hydrazine groups is 1. The minimum Gasteiger partial charge on any atom is -0.480 e. The van der Waals surface area contributed by atoms with Gasteiger partial charge in [-0.3, -0.25) is 10.2 Å². The van der Waals surface area contributed by atoms with Gasteiger partial charge in [-0.25, -0.2) is 10.2 Å². The van der Waals surface area contributed by atoms with Gasteiger partial charge in [0.05, 0.1) is 0 Å². The summed E-state index contributed by atoms with van der Waals surface area (Å²) < 4.78 is 5.00. The first-order chi connectivity index (χ1) is 8.79. The molecule has 0 bridgehead atoms. The van der Waals surface area contributed by atoms with Crippen molar-refractivity contribution in [3.05, 3.63) is 35.9 Å². The van der Waals surface area contributed by atoms with Gasteiger partial charge in [0, 0.05) is 0 Å². The number of aliphatic carboxylic acids is 1. The average Bonchev–Trinajstić information content (AvgIpc) is 2.27. The van der Waals surface area contributed by atoms with Gasteiger partial charge in [0.2, 0.25) is 0 Å². The maximum absolute atomic E-state index is 11.4. The normalized spacial score (nSPS) is 12.6. The average molecular weight is 266 g/mol. The summed E-state index contributed by atoms with van der Waals surface area (Å²) in [5.74, 6) is -1.10. The Bertz CT molecular complexity index is 440. The summed E-state index contributed by atoms with van der Waals surface area (Å²) in [5.41, 5.74) is 4.55. The van der Waals surface area contributed by atoms with E-state index >= 15 is 0 Å². The van der Waals surface area contributed by atoms with E-state index < -0.39 is 23.7 Å². The lowest BCUT2D eigenvalue weighted by Crippen LogP contribution is -2.45. The van der Waals surface area contributed by atoms with Crippen molar-refractivity contribution in [2.75, 3.05) is 0 Å². The molecule has 0 aliphatic carbocycles. The fourth-order valence-electron chi connectivity index (χ4n) is 1.37. The lowest BCUT2D eigenvalue weighted by Gasteiger charge is -2.21. The van der Waals surface area contributed by atoms with Gasteiger partial charge in [0.15, 0.2) is 0 Å². The molecule has 0 aromatic heterocycles. The molecule has 104 valence electrons. The standard InChI is InChI=1S/C13H18N2O4/c1-13(2,3)19-12(18)15-14-10(11(16)17)9-7-5-4-6-8-9/h4-8,10,14H,1-3H3,(H,15,18)(H,16,17)/t10-/m0/s1. The summed E-state index contributed by atoms with van der Waals surface area (Å²) in [7, 11) is 0. The van der Waals surface area contributed by atoms with Gasteiger partial charge >= 0.3 is 12.1 Å². The number of nitrogens with one attached hydrogen (secondary N) is 2. The van der Waals surface area contributed by atoms with Gasteiger partial charge in [-0.15, -0.1) is 0 Å². The SMILES string of the molecule is CC(C)(C)OC(=O)NN[C@H](C(=O)O)c1ccccc1. The van der Waals surface area contributed by atoms with Gasteiger partial charge in [-0.1, -0.05) is 30.3 Å². The summed E-state index contributed by atoms with van der Waals surface area (Å²) in [6.45, 7) is 5.16. The van der Waals surface area contributed by atoms with E-state index in [-0.39, 0.29) is 0 Å². The second kappa shape index (κ2) is 6.19. The highest BCUT2D eigenvalue weighted by atomic mass is 16.6. The largest absolute Gasteiger partial charge is 0.480 e. The highest BCUT2D eigenvalue weighted by molar-refractivity contribution is 5.76. The molecule has 0 aliphatic rings. The Morgan fingerprint density at radius 3 is 2.26 bits per heavy atom. The van der Waals surface area contributed by atoms with E-state index in [1.807, 2.05) is 0 Å².